The lowest BCUT2D eigenvalue weighted by molar-refractivity contribution is 0.913. The third kappa shape index (κ3) is 4.28. The molecule has 0 N–H and O–H groups in total. The van der Waals surface area contributed by atoms with Crippen LogP contribution in [0.3, 0.4) is 0 Å². The molecule has 7 aromatic carbocycles. The number of fused-ring (bicyclic) bond motifs is 4. The summed E-state index contributed by atoms with van der Waals surface area (Å²) >= 11 is 0. The molecule has 0 saturated heterocycles. The highest BCUT2D eigenvalue weighted by molar-refractivity contribution is 6.24. The van der Waals surface area contributed by atoms with E-state index in [0.717, 1.165) is 40.2 Å². The van der Waals surface area contributed by atoms with Crippen molar-refractivity contribution in [2.45, 2.75) is 13.3 Å². The normalized spacial score (nSPS) is 11.6. The standard InChI is InChI=1S/C44H31N3/c1-2-42-46-39-24-11-12-25-41(39)47(42)40-27-26-37(29-15-3-5-17-31(29)40)44-35-21-9-7-19-33(35)43(34-20-8-10-22-36(34)44)32-18-6-4-16-30(32)38-23-13-14-28-45-38/h3-28H,2H2,1H3. The Bertz CT molecular complexity index is 2560. The van der Waals surface area contributed by atoms with E-state index in [4.69, 9.17) is 9.97 Å². The summed E-state index contributed by atoms with van der Waals surface area (Å²) in [5.41, 5.74) is 10.3. The van der Waals surface area contributed by atoms with Crippen LogP contribution in [-0.4, -0.2) is 14.5 Å². The van der Waals surface area contributed by atoms with Gasteiger partial charge >= 0.3 is 0 Å². The van der Waals surface area contributed by atoms with Gasteiger partial charge in [-0.05, 0) is 79.5 Å². The molecular formula is C44H31N3. The summed E-state index contributed by atoms with van der Waals surface area (Å²) in [7, 11) is 0. The van der Waals surface area contributed by atoms with Crippen LogP contribution in [0.15, 0.2) is 158 Å². The first-order valence-electron chi connectivity index (χ1n) is 16.2. The van der Waals surface area contributed by atoms with E-state index in [0.29, 0.717) is 0 Å². The van der Waals surface area contributed by atoms with Gasteiger partial charge in [-0.25, -0.2) is 4.98 Å². The molecule has 0 fully saturated rings. The van der Waals surface area contributed by atoms with Crippen molar-refractivity contribution in [3.05, 3.63) is 164 Å². The molecule has 0 unspecified atom stereocenters. The molecular weight excluding hydrogens is 571 g/mol. The molecule has 0 saturated carbocycles. The Morgan fingerprint density at radius 1 is 0.468 bits per heavy atom. The van der Waals surface area contributed by atoms with Crippen LogP contribution < -0.4 is 0 Å². The Hall–Kier alpha value is -6.06. The molecule has 2 aromatic heterocycles. The van der Waals surface area contributed by atoms with Crippen LogP contribution >= 0.6 is 0 Å². The molecule has 3 nitrogen and oxygen atoms in total. The molecule has 0 spiro atoms. The number of rotatable bonds is 5. The molecule has 0 aliphatic rings. The maximum Gasteiger partial charge on any atom is 0.114 e. The van der Waals surface area contributed by atoms with E-state index in [1.54, 1.807) is 0 Å². The average molecular weight is 602 g/mol. The minimum absolute atomic E-state index is 0.849. The number of aromatic nitrogens is 3. The maximum absolute atomic E-state index is 5.00. The largest absolute Gasteiger partial charge is 0.296 e. The Kier molecular flexibility index (Phi) is 6.43. The van der Waals surface area contributed by atoms with E-state index in [1.807, 2.05) is 12.3 Å². The van der Waals surface area contributed by atoms with E-state index in [1.165, 1.54) is 54.6 Å². The SMILES string of the molecule is CCc1nc2ccccc2n1-c1ccc(-c2c3ccccc3c(-c3ccccc3-c3ccccn3)c3ccccc23)c2ccccc12. The number of imidazole rings is 1. The third-order valence-corrected chi connectivity index (χ3v) is 9.43. The number of aryl methyl sites for hydroxylation is 1. The zero-order chi connectivity index (χ0) is 31.3. The summed E-state index contributed by atoms with van der Waals surface area (Å²) in [6.45, 7) is 2.18. The lowest BCUT2D eigenvalue weighted by Gasteiger charge is -2.21. The highest BCUT2D eigenvalue weighted by atomic mass is 15.1. The smallest absolute Gasteiger partial charge is 0.114 e. The van der Waals surface area contributed by atoms with Gasteiger partial charge in [-0.1, -0.05) is 128 Å². The fraction of sp³-hybridized carbons (Fsp3) is 0.0455. The summed E-state index contributed by atoms with van der Waals surface area (Å²) in [5.74, 6) is 1.07. The summed E-state index contributed by atoms with van der Waals surface area (Å²) in [5, 5.41) is 7.36. The van der Waals surface area contributed by atoms with Gasteiger partial charge in [0, 0.05) is 23.6 Å². The molecule has 0 bridgehead atoms. The summed E-state index contributed by atoms with van der Waals surface area (Å²) in [6.07, 6.45) is 2.72. The van der Waals surface area contributed by atoms with Gasteiger partial charge in [0.25, 0.3) is 0 Å². The van der Waals surface area contributed by atoms with Crippen molar-refractivity contribution in [3.63, 3.8) is 0 Å². The maximum atomic E-state index is 5.00. The van der Waals surface area contributed by atoms with E-state index >= 15 is 0 Å². The molecule has 0 aliphatic heterocycles. The van der Waals surface area contributed by atoms with Gasteiger partial charge in [0.2, 0.25) is 0 Å². The Morgan fingerprint density at radius 2 is 1.02 bits per heavy atom. The Labute approximate surface area is 273 Å². The van der Waals surface area contributed by atoms with Crippen molar-refractivity contribution in [1.82, 2.24) is 14.5 Å². The van der Waals surface area contributed by atoms with E-state index in [-0.39, 0.29) is 0 Å². The Morgan fingerprint density at radius 3 is 1.68 bits per heavy atom. The predicted molar refractivity (Wildman–Crippen MR) is 197 cm³/mol. The molecule has 0 radical (unpaired) electrons. The summed E-state index contributed by atoms with van der Waals surface area (Å²) in [6, 6.07) is 54.4. The van der Waals surface area contributed by atoms with Crippen molar-refractivity contribution in [2.24, 2.45) is 0 Å². The number of para-hydroxylation sites is 2. The van der Waals surface area contributed by atoms with Crippen LogP contribution in [0.2, 0.25) is 0 Å². The second kappa shape index (κ2) is 11.1. The minimum Gasteiger partial charge on any atom is -0.296 e. The molecule has 47 heavy (non-hydrogen) atoms. The van der Waals surface area contributed by atoms with Gasteiger partial charge in [0.15, 0.2) is 0 Å². The molecule has 2 heterocycles. The lowest BCUT2D eigenvalue weighted by atomic mass is 9.83. The molecule has 9 aromatic rings. The first-order valence-corrected chi connectivity index (χ1v) is 16.2. The number of benzene rings is 7. The van der Waals surface area contributed by atoms with E-state index in [9.17, 15) is 0 Å². The number of hydrogen-bond donors (Lipinski definition) is 0. The third-order valence-electron chi connectivity index (χ3n) is 9.43. The fourth-order valence-corrected chi connectivity index (χ4v) is 7.43. The average Bonchev–Trinajstić information content (AvgIpc) is 3.52. The summed E-state index contributed by atoms with van der Waals surface area (Å²) < 4.78 is 2.34. The number of hydrogen-bond acceptors (Lipinski definition) is 2. The predicted octanol–water partition coefficient (Wildman–Crippen LogP) is 11.4. The van der Waals surface area contributed by atoms with Crippen molar-refractivity contribution in [3.8, 4) is 39.2 Å². The minimum atomic E-state index is 0.849. The lowest BCUT2D eigenvalue weighted by Crippen LogP contribution is -2.01. The highest BCUT2D eigenvalue weighted by Gasteiger charge is 2.21. The molecule has 0 amide bonds. The second-order valence-corrected chi connectivity index (χ2v) is 12.0. The van der Waals surface area contributed by atoms with Crippen LogP contribution in [0.1, 0.15) is 12.7 Å². The first kappa shape index (κ1) is 27.3. The second-order valence-electron chi connectivity index (χ2n) is 12.0. The molecule has 0 atom stereocenters. The van der Waals surface area contributed by atoms with Crippen LogP contribution in [0.4, 0.5) is 0 Å². The van der Waals surface area contributed by atoms with Crippen molar-refractivity contribution in [2.75, 3.05) is 0 Å². The number of pyridine rings is 1. The summed E-state index contributed by atoms with van der Waals surface area (Å²) in [4.78, 5) is 9.75. The molecule has 3 heteroatoms. The highest BCUT2D eigenvalue weighted by Crippen LogP contribution is 2.47. The van der Waals surface area contributed by atoms with Crippen molar-refractivity contribution >= 4 is 43.4 Å². The van der Waals surface area contributed by atoms with Gasteiger partial charge in [-0.15, -0.1) is 0 Å². The molecule has 222 valence electrons. The quantitative estimate of drug-likeness (QED) is 0.184. The van der Waals surface area contributed by atoms with Crippen molar-refractivity contribution < 1.29 is 0 Å². The van der Waals surface area contributed by atoms with Gasteiger partial charge < -0.3 is 0 Å². The van der Waals surface area contributed by atoms with Crippen LogP contribution in [-0.2, 0) is 6.42 Å². The van der Waals surface area contributed by atoms with Gasteiger partial charge in [0.05, 0.1) is 22.4 Å². The topological polar surface area (TPSA) is 30.7 Å². The first-order chi connectivity index (χ1) is 23.3. The van der Waals surface area contributed by atoms with Gasteiger partial charge in [0.1, 0.15) is 5.82 Å². The zero-order valence-corrected chi connectivity index (χ0v) is 26.1. The van der Waals surface area contributed by atoms with Gasteiger partial charge in [-0.3, -0.25) is 9.55 Å². The van der Waals surface area contributed by atoms with Gasteiger partial charge in [-0.2, -0.15) is 0 Å². The van der Waals surface area contributed by atoms with E-state index < -0.39 is 0 Å². The molecule has 0 aliphatic carbocycles. The molecule has 9 rings (SSSR count). The number of nitrogens with zero attached hydrogens (tertiary/aromatic N) is 3. The van der Waals surface area contributed by atoms with Crippen LogP contribution in [0.25, 0.3) is 82.5 Å². The van der Waals surface area contributed by atoms with E-state index in [2.05, 4.69) is 157 Å². The van der Waals surface area contributed by atoms with Crippen LogP contribution in [0.5, 0.6) is 0 Å². The Balaban J connectivity index is 1.37. The van der Waals surface area contributed by atoms with Crippen LogP contribution in [0, 0.1) is 0 Å². The zero-order valence-electron chi connectivity index (χ0n) is 26.1. The monoisotopic (exact) mass is 601 g/mol. The fourth-order valence-electron chi connectivity index (χ4n) is 7.43. The van der Waals surface area contributed by atoms with Crippen molar-refractivity contribution in [1.29, 1.82) is 0 Å².